The van der Waals surface area contributed by atoms with Crippen LogP contribution in [0, 0.1) is 13.8 Å². The first kappa shape index (κ1) is 20.8. The van der Waals surface area contributed by atoms with Gasteiger partial charge >= 0.3 is 0 Å². The third kappa shape index (κ3) is 3.96. The summed E-state index contributed by atoms with van der Waals surface area (Å²) in [7, 11) is 3.25. The summed E-state index contributed by atoms with van der Waals surface area (Å²) in [5.41, 5.74) is 3.64. The molecule has 31 heavy (non-hydrogen) atoms. The number of methoxy groups -OCH3 is 2. The molecule has 0 unspecified atom stereocenters. The third-order valence-electron chi connectivity index (χ3n) is 5.24. The first-order chi connectivity index (χ1) is 14.9. The highest BCUT2D eigenvalue weighted by Crippen LogP contribution is 2.29. The minimum Gasteiger partial charge on any atom is -0.497 e. The number of aromatic nitrogens is 6. The van der Waals surface area contributed by atoms with E-state index < -0.39 is 0 Å². The second-order valence-corrected chi connectivity index (χ2v) is 7.58. The Morgan fingerprint density at radius 2 is 1.87 bits per heavy atom. The SMILES string of the molecule is COCc1[nH]n2c(=O)cc(C[C@@H](C)n3nc(C)nc3C)nc2c1-c1ccc(OC)cc1. The minimum absolute atomic E-state index is 0.0115. The zero-order valence-corrected chi connectivity index (χ0v) is 18.3. The second-order valence-electron chi connectivity index (χ2n) is 7.58. The van der Waals surface area contributed by atoms with E-state index in [4.69, 9.17) is 14.5 Å². The molecule has 1 aromatic carbocycles. The molecule has 4 aromatic rings. The fourth-order valence-corrected chi connectivity index (χ4v) is 3.89. The van der Waals surface area contributed by atoms with E-state index in [9.17, 15) is 4.79 Å². The summed E-state index contributed by atoms with van der Waals surface area (Å²) in [5.74, 6) is 2.32. The largest absolute Gasteiger partial charge is 0.497 e. The van der Waals surface area contributed by atoms with Gasteiger partial charge in [-0.3, -0.25) is 9.89 Å². The normalized spacial score (nSPS) is 12.4. The number of ether oxygens (including phenoxy) is 2. The lowest BCUT2D eigenvalue weighted by Gasteiger charge is -2.13. The summed E-state index contributed by atoms with van der Waals surface area (Å²) in [6.07, 6.45) is 0.558. The Morgan fingerprint density at radius 3 is 2.48 bits per heavy atom. The Labute approximate surface area is 179 Å². The molecule has 162 valence electrons. The lowest BCUT2D eigenvalue weighted by Crippen LogP contribution is -2.18. The molecule has 0 saturated heterocycles. The van der Waals surface area contributed by atoms with Gasteiger partial charge in [-0.15, -0.1) is 0 Å². The van der Waals surface area contributed by atoms with Gasteiger partial charge in [0.2, 0.25) is 0 Å². The highest BCUT2D eigenvalue weighted by atomic mass is 16.5. The smallest absolute Gasteiger partial charge is 0.272 e. The molecule has 0 spiro atoms. The molecule has 0 aliphatic rings. The van der Waals surface area contributed by atoms with Crippen molar-refractivity contribution in [3.63, 3.8) is 0 Å². The van der Waals surface area contributed by atoms with E-state index in [1.807, 2.05) is 49.7 Å². The molecule has 0 amide bonds. The van der Waals surface area contributed by atoms with E-state index in [2.05, 4.69) is 15.2 Å². The van der Waals surface area contributed by atoms with Gasteiger partial charge in [0.1, 0.15) is 17.4 Å². The van der Waals surface area contributed by atoms with Crippen LogP contribution in [0.4, 0.5) is 0 Å². The molecule has 3 heterocycles. The van der Waals surface area contributed by atoms with Gasteiger partial charge in [0.15, 0.2) is 5.65 Å². The topological polar surface area (TPSA) is 99.3 Å². The van der Waals surface area contributed by atoms with Crippen LogP contribution in [0.5, 0.6) is 5.75 Å². The number of nitrogens with zero attached hydrogens (tertiary/aromatic N) is 5. The predicted molar refractivity (Wildman–Crippen MR) is 116 cm³/mol. The number of hydrogen-bond acceptors (Lipinski definition) is 6. The number of aromatic amines is 1. The lowest BCUT2D eigenvalue weighted by atomic mass is 10.1. The van der Waals surface area contributed by atoms with E-state index in [0.717, 1.165) is 34.2 Å². The van der Waals surface area contributed by atoms with Crippen molar-refractivity contribution in [2.45, 2.75) is 39.8 Å². The molecule has 9 heteroatoms. The first-order valence-electron chi connectivity index (χ1n) is 10.1. The van der Waals surface area contributed by atoms with Crippen molar-refractivity contribution in [3.05, 3.63) is 63.7 Å². The quantitative estimate of drug-likeness (QED) is 0.492. The van der Waals surface area contributed by atoms with E-state index in [0.29, 0.717) is 24.4 Å². The Bertz CT molecular complexity index is 1270. The van der Waals surface area contributed by atoms with Crippen LogP contribution in [0.2, 0.25) is 0 Å². The van der Waals surface area contributed by atoms with Crippen molar-refractivity contribution in [2.24, 2.45) is 0 Å². The summed E-state index contributed by atoms with van der Waals surface area (Å²) in [4.78, 5) is 22.1. The predicted octanol–water partition coefficient (Wildman–Crippen LogP) is 2.86. The molecule has 4 rings (SSSR count). The number of H-pyrrole nitrogens is 1. The van der Waals surface area contributed by atoms with E-state index in [-0.39, 0.29) is 11.6 Å². The van der Waals surface area contributed by atoms with Crippen molar-refractivity contribution in [2.75, 3.05) is 14.2 Å². The van der Waals surface area contributed by atoms with Crippen LogP contribution in [0.1, 0.15) is 36.0 Å². The number of rotatable bonds is 7. The summed E-state index contributed by atoms with van der Waals surface area (Å²) in [5, 5.41) is 7.60. The monoisotopic (exact) mass is 422 g/mol. The van der Waals surface area contributed by atoms with Gasteiger partial charge < -0.3 is 9.47 Å². The zero-order valence-electron chi connectivity index (χ0n) is 18.3. The Morgan fingerprint density at radius 1 is 1.13 bits per heavy atom. The number of nitrogens with one attached hydrogen (secondary N) is 1. The maximum absolute atomic E-state index is 12.9. The van der Waals surface area contributed by atoms with Gasteiger partial charge in [0.25, 0.3) is 5.56 Å². The molecular weight excluding hydrogens is 396 g/mol. The maximum Gasteiger partial charge on any atom is 0.272 e. The van der Waals surface area contributed by atoms with Gasteiger partial charge in [-0.2, -0.15) is 5.10 Å². The fraction of sp³-hybridized carbons (Fsp3) is 0.364. The molecule has 0 bridgehead atoms. The molecule has 1 N–H and O–H groups in total. The van der Waals surface area contributed by atoms with Crippen LogP contribution in [0.15, 0.2) is 35.1 Å². The van der Waals surface area contributed by atoms with Crippen LogP contribution >= 0.6 is 0 Å². The van der Waals surface area contributed by atoms with Crippen molar-refractivity contribution in [1.82, 2.24) is 29.4 Å². The third-order valence-corrected chi connectivity index (χ3v) is 5.24. The Hall–Kier alpha value is -3.46. The molecule has 0 saturated carbocycles. The van der Waals surface area contributed by atoms with Crippen LogP contribution in [0.3, 0.4) is 0 Å². The molecule has 0 fully saturated rings. The van der Waals surface area contributed by atoms with Crippen molar-refractivity contribution >= 4 is 5.65 Å². The average Bonchev–Trinajstić information content (AvgIpc) is 3.28. The molecular formula is C22H26N6O3. The lowest BCUT2D eigenvalue weighted by molar-refractivity contribution is 0.181. The standard InChI is InChI=1S/C22H26N6O3/c1-13(27-15(3)23-14(2)25-27)10-17-11-20(29)28-22(24-17)21(19(26-28)12-30-4)16-6-8-18(31-5)9-7-16/h6-9,11,13,26H,10,12H2,1-5H3/t13-/m1/s1. The van der Waals surface area contributed by atoms with Gasteiger partial charge in [0.05, 0.1) is 31.1 Å². The van der Waals surface area contributed by atoms with Crippen LogP contribution in [0.25, 0.3) is 16.8 Å². The summed E-state index contributed by atoms with van der Waals surface area (Å²) < 4.78 is 14.0. The number of benzene rings is 1. The zero-order chi connectivity index (χ0) is 22.1. The average molecular weight is 422 g/mol. The van der Waals surface area contributed by atoms with Crippen molar-refractivity contribution in [1.29, 1.82) is 0 Å². The number of fused-ring (bicyclic) bond motifs is 1. The van der Waals surface area contributed by atoms with Crippen LogP contribution < -0.4 is 10.3 Å². The second kappa shape index (κ2) is 8.35. The highest BCUT2D eigenvalue weighted by molar-refractivity contribution is 5.80. The number of hydrogen-bond donors (Lipinski definition) is 1. The van der Waals surface area contributed by atoms with Gasteiger partial charge in [-0.1, -0.05) is 12.1 Å². The molecule has 3 aromatic heterocycles. The highest BCUT2D eigenvalue weighted by Gasteiger charge is 2.19. The molecule has 9 nitrogen and oxygen atoms in total. The van der Waals surface area contributed by atoms with E-state index in [1.54, 1.807) is 20.3 Å². The minimum atomic E-state index is -0.171. The first-order valence-corrected chi connectivity index (χ1v) is 10.1. The molecule has 0 aliphatic carbocycles. The Kier molecular flexibility index (Phi) is 5.60. The fourth-order valence-electron chi connectivity index (χ4n) is 3.89. The van der Waals surface area contributed by atoms with Crippen LogP contribution in [-0.4, -0.2) is 43.6 Å². The maximum atomic E-state index is 12.9. The summed E-state index contributed by atoms with van der Waals surface area (Å²) >= 11 is 0. The van der Waals surface area contributed by atoms with Gasteiger partial charge in [-0.25, -0.2) is 19.2 Å². The number of aryl methyl sites for hydroxylation is 2. The molecule has 1 atom stereocenters. The molecule has 0 aliphatic heterocycles. The molecule has 0 radical (unpaired) electrons. The summed E-state index contributed by atoms with van der Waals surface area (Å²) in [6.45, 7) is 6.16. The van der Waals surface area contributed by atoms with E-state index in [1.165, 1.54) is 4.52 Å². The van der Waals surface area contributed by atoms with Gasteiger partial charge in [0, 0.05) is 25.2 Å². The summed E-state index contributed by atoms with van der Waals surface area (Å²) in [6, 6.07) is 9.24. The van der Waals surface area contributed by atoms with E-state index >= 15 is 0 Å². The van der Waals surface area contributed by atoms with Gasteiger partial charge in [-0.05, 0) is 38.5 Å². The van der Waals surface area contributed by atoms with Crippen LogP contribution in [-0.2, 0) is 17.8 Å². The van der Waals surface area contributed by atoms with Crippen molar-refractivity contribution < 1.29 is 9.47 Å². The Balaban J connectivity index is 1.80. The van der Waals surface area contributed by atoms with Crippen molar-refractivity contribution in [3.8, 4) is 16.9 Å².